The number of hydrogen-bond acceptors (Lipinski definition) is 3. The molecular formula is C45H29BN5. The second-order valence-corrected chi connectivity index (χ2v) is 12.5. The third-order valence-electron chi connectivity index (χ3n) is 9.58. The Morgan fingerprint density at radius 1 is 0.314 bits per heavy atom. The van der Waals surface area contributed by atoms with E-state index in [-0.39, 0.29) is 8.41 Å². The average Bonchev–Trinajstić information content (AvgIpc) is 3.71. The van der Waals surface area contributed by atoms with Crippen molar-refractivity contribution in [3.05, 3.63) is 176 Å². The van der Waals surface area contributed by atoms with E-state index in [1.807, 2.05) is 60.7 Å². The van der Waals surface area contributed by atoms with Gasteiger partial charge in [0.15, 0.2) is 11.6 Å². The molecule has 0 fully saturated rings. The molecule has 5 nitrogen and oxygen atoms in total. The third kappa shape index (κ3) is 5.00. The molecule has 0 N–H and O–H groups in total. The molecule has 0 aliphatic carbocycles. The molecular weight excluding hydrogens is 621 g/mol. The van der Waals surface area contributed by atoms with Gasteiger partial charge in [0.25, 0.3) is 0 Å². The van der Waals surface area contributed by atoms with Gasteiger partial charge < -0.3 is 4.57 Å². The number of fused-ring (bicyclic) bond motifs is 6. The summed E-state index contributed by atoms with van der Waals surface area (Å²) in [5, 5.41) is 4.77. The molecule has 0 aliphatic heterocycles. The monoisotopic (exact) mass is 650 g/mol. The Hall–Kier alpha value is -6.79. The lowest BCUT2D eigenvalue weighted by atomic mass is 10.0. The zero-order valence-electron chi connectivity index (χ0n) is 27.6. The summed E-state index contributed by atoms with van der Waals surface area (Å²) in [6.45, 7) is 0. The van der Waals surface area contributed by atoms with Crippen LogP contribution in [0.4, 0.5) is 0 Å². The Morgan fingerprint density at radius 3 is 1.25 bits per heavy atom. The highest BCUT2D eigenvalue weighted by molar-refractivity contribution is 6.12. The van der Waals surface area contributed by atoms with Gasteiger partial charge in [-0.25, -0.2) is 4.98 Å². The van der Waals surface area contributed by atoms with Gasteiger partial charge in [0.2, 0.25) is 5.95 Å². The van der Waals surface area contributed by atoms with E-state index in [4.69, 9.17) is 15.0 Å². The van der Waals surface area contributed by atoms with Gasteiger partial charge in [0, 0.05) is 46.8 Å². The van der Waals surface area contributed by atoms with Gasteiger partial charge in [-0.15, -0.1) is 0 Å². The van der Waals surface area contributed by atoms with Crippen LogP contribution in [0.25, 0.3) is 89.2 Å². The van der Waals surface area contributed by atoms with Crippen molar-refractivity contribution in [1.29, 1.82) is 0 Å². The molecule has 0 atom stereocenters. The maximum Gasteiger partial charge on any atom is 0.238 e. The normalized spacial score (nSPS) is 11.4. The molecule has 0 saturated heterocycles. The fourth-order valence-corrected chi connectivity index (χ4v) is 7.27. The lowest BCUT2D eigenvalue weighted by Crippen LogP contribution is -2.06. The molecule has 237 valence electrons. The van der Waals surface area contributed by atoms with Crippen molar-refractivity contribution < 1.29 is 0 Å². The number of rotatable bonds is 5. The van der Waals surface area contributed by atoms with Crippen LogP contribution in [0.2, 0.25) is 0 Å². The van der Waals surface area contributed by atoms with Gasteiger partial charge in [-0.1, -0.05) is 127 Å². The number of hydrogen-bond donors (Lipinski definition) is 0. The standard InChI is InChI=1S/C45H29N5.B/c1-4-14-30(15-5-1)43-46-44(31-16-6-2-7-17-31)48-45(47-43)50-40-23-13-11-21-36(40)38-29-33(25-27-42(38)50)32-24-26-41-37(28-32)35-20-10-12-22-39(35)49(41)34-18-8-3-9-19-34;/h1-29H;. The van der Waals surface area contributed by atoms with Crippen LogP contribution >= 0.6 is 0 Å². The number of aromatic nitrogens is 5. The van der Waals surface area contributed by atoms with Crippen molar-refractivity contribution in [1.82, 2.24) is 24.1 Å². The van der Waals surface area contributed by atoms with Crippen molar-refractivity contribution >= 4 is 52.0 Å². The molecule has 3 heterocycles. The van der Waals surface area contributed by atoms with E-state index in [2.05, 4.69) is 124 Å². The Balaban J connectivity index is 0.00000348. The first kappa shape index (κ1) is 30.3. The zero-order chi connectivity index (χ0) is 33.0. The fraction of sp³-hybridized carbons (Fsp3) is 0. The van der Waals surface area contributed by atoms with Gasteiger partial charge in [-0.3, -0.25) is 4.57 Å². The van der Waals surface area contributed by atoms with Crippen LogP contribution in [0.15, 0.2) is 176 Å². The number of para-hydroxylation sites is 3. The average molecular weight is 651 g/mol. The summed E-state index contributed by atoms with van der Waals surface area (Å²) < 4.78 is 4.53. The van der Waals surface area contributed by atoms with Crippen LogP contribution in [-0.4, -0.2) is 32.5 Å². The van der Waals surface area contributed by atoms with Crippen LogP contribution < -0.4 is 0 Å². The number of benzene rings is 7. The van der Waals surface area contributed by atoms with Crippen LogP contribution in [0.5, 0.6) is 0 Å². The molecule has 10 aromatic rings. The minimum Gasteiger partial charge on any atom is -0.309 e. The Bertz CT molecular complexity index is 2800. The Kier molecular flexibility index (Phi) is 7.29. The maximum absolute atomic E-state index is 5.08. The topological polar surface area (TPSA) is 48.5 Å². The molecule has 0 amide bonds. The number of nitrogens with zero attached hydrogens (tertiary/aromatic N) is 5. The molecule has 7 aromatic carbocycles. The van der Waals surface area contributed by atoms with E-state index in [0.29, 0.717) is 17.6 Å². The van der Waals surface area contributed by atoms with Crippen molar-refractivity contribution in [2.45, 2.75) is 0 Å². The van der Waals surface area contributed by atoms with Crippen LogP contribution in [0.3, 0.4) is 0 Å². The summed E-state index contributed by atoms with van der Waals surface area (Å²) in [6.07, 6.45) is 0. The minimum atomic E-state index is 0. The minimum absolute atomic E-state index is 0. The van der Waals surface area contributed by atoms with E-state index in [1.165, 1.54) is 27.4 Å². The summed E-state index contributed by atoms with van der Waals surface area (Å²) in [4.78, 5) is 15.1. The van der Waals surface area contributed by atoms with Gasteiger partial charge in [-0.2, -0.15) is 9.97 Å². The molecule has 0 saturated carbocycles. The highest BCUT2D eigenvalue weighted by Crippen LogP contribution is 2.38. The van der Waals surface area contributed by atoms with Crippen molar-refractivity contribution in [3.63, 3.8) is 0 Å². The van der Waals surface area contributed by atoms with Crippen molar-refractivity contribution in [3.8, 4) is 45.5 Å². The second kappa shape index (κ2) is 12.3. The molecule has 0 bridgehead atoms. The smallest absolute Gasteiger partial charge is 0.238 e. The van der Waals surface area contributed by atoms with Crippen molar-refractivity contribution in [2.24, 2.45) is 0 Å². The first-order valence-electron chi connectivity index (χ1n) is 16.8. The van der Waals surface area contributed by atoms with E-state index in [0.717, 1.165) is 44.2 Å². The van der Waals surface area contributed by atoms with Crippen molar-refractivity contribution in [2.75, 3.05) is 0 Å². The Labute approximate surface area is 296 Å². The lowest BCUT2D eigenvalue weighted by Gasteiger charge is -2.11. The summed E-state index contributed by atoms with van der Waals surface area (Å²) in [5.41, 5.74) is 9.86. The fourth-order valence-electron chi connectivity index (χ4n) is 7.27. The molecule has 0 unspecified atom stereocenters. The first-order chi connectivity index (χ1) is 24.8. The van der Waals surface area contributed by atoms with E-state index in [9.17, 15) is 0 Å². The molecule has 51 heavy (non-hydrogen) atoms. The van der Waals surface area contributed by atoms with Gasteiger partial charge in [0.05, 0.1) is 22.1 Å². The van der Waals surface area contributed by atoms with Gasteiger partial charge in [-0.05, 0) is 59.7 Å². The summed E-state index contributed by atoms with van der Waals surface area (Å²) in [5.74, 6) is 1.87. The second-order valence-electron chi connectivity index (χ2n) is 12.5. The molecule has 3 aromatic heterocycles. The highest BCUT2D eigenvalue weighted by Gasteiger charge is 2.19. The largest absolute Gasteiger partial charge is 0.309 e. The first-order valence-corrected chi connectivity index (χ1v) is 16.8. The summed E-state index contributed by atoms with van der Waals surface area (Å²) in [6, 6.07) is 61.6. The summed E-state index contributed by atoms with van der Waals surface area (Å²) in [7, 11) is 0. The van der Waals surface area contributed by atoms with Crippen LogP contribution in [-0.2, 0) is 0 Å². The zero-order valence-corrected chi connectivity index (χ0v) is 27.6. The Morgan fingerprint density at radius 2 is 0.725 bits per heavy atom. The van der Waals surface area contributed by atoms with E-state index < -0.39 is 0 Å². The molecule has 0 spiro atoms. The lowest BCUT2D eigenvalue weighted by molar-refractivity contribution is 0.953. The van der Waals surface area contributed by atoms with Crippen LogP contribution in [0, 0.1) is 0 Å². The predicted molar refractivity (Wildman–Crippen MR) is 211 cm³/mol. The SMILES string of the molecule is [B].c1ccc(-c2nc(-c3ccccc3)nc(-n3c4ccccc4c4cc(-c5ccc6c(c5)c5ccccc5n6-c5ccccc5)ccc43)n2)cc1. The predicted octanol–water partition coefficient (Wildman–Crippen LogP) is 10.7. The third-order valence-corrected chi connectivity index (χ3v) is 9.58. The maximum atomic E-state index is 5.08. The molecule has 6 heteroatoms. The van der Waals surface area contributed by atoms with E-state index >= 15 is 0 Å². The molecule has 3 radical (unpaired) electrons. The van der Waals surface area contributed by atoms with Gasteiger partial charge >= 0.3 is 0 Å². The molecule has 0 aliphatic rings. The van der Waals surface area contributed by atoms with Crippen LogP contribution in [0.1, 0.15) is 0 Å². The molecule has 10 rings (SSSR count). The highest BCUT2D eigenvalue weighted by atomic mass is 15.2. The quantitative estimate of drug-likeness (QED) is 0.174. The van der Waals surface area contributed by atoms with Gasteiger partial charge in [0.1, 0.15) is 0 Å². The summed E-state index contributed by atoms with van der Waals surface area (Å²) >= 11 is 0. The van der Waals surface area contributed by atoms with E-state index in [1.54, 1.807) is 0 Å².